The van der Waals surface area contributed by atoms with Gasteiger partial charge in [-0.3, -0.25) is 4.90 Å². The molecular weight excluding hydrogens is 468 g/mol. The zero-order chi connectivity index (χ0) is 25.8. The zero-order valence-corrected chi connectivity index (χ0v) is 21.6. The first-order valence-electron chi connectivity index (χ1n) is 12.6. The molecule has 0 amide bonds. The summed E-state index contributed by atoms with van der Waals surface area (Å²) in [6, 6.07) is 18.1. The number of rotatable bonds is 8. The van der Waals surface area contributed by atoms with Crippen LogP contribution < -0.4 is 19.7 Å². The van der Waals surface area contributed by atoms with E-state index in [0.29, 0.717) is 12.5 Å². The Morgan fingerprint density at radius 1 is 0.973 bits per heavy atom. The van der Waals surface area contributed by atoms with Crippen LogP contribution in [0.3, 0.4) is 0 Å². The summed E-state index contributed by atoms with van der Waals surface area (Å²) in [5.41, 5.74) is 4.68. The third-order valence-electron chi connectivity index (χ3n) is 6.69. The summed E-state index contributed by atoms with van der Waals surface area (Å²) >= 11 is 0. The molecule has 0 aliphatic carbocycles. The van der Waals surface area contributed by atoms with E-state index in [1.165, 1.54) is 0 Å². The van der Waals surface area contributed by atoms with Crippen molar-refractivity contribution >= 4 is 22.8 Å². The highest BCUT2D eigenvalue weighted by Crippen LogP contribution is 2.33. The van der Waals surface area contributed by atoms with E-state index in [1.54, 1.807) is 20.4 Å². The van der Waals surface area contributed by atoms with E-state index in [0.717, 1.165) is 72.2 Å². The molecule has 1 atom stereocenters. The van der Waals surface area contributed by atoms with E-state index < -0.39 is 0 Å². The van der Waals surface area contributed by atoms with Gasteiger partial charge in [0.2, 0.25) is 5.95 Å². The number of hydrogen-bond acceptors (Lipinski definition) is 8. The fourth-order valence-corrected chi connectivity index (χ4v) is 4.90. The van der Waals surface area contributed by atoms with E-state index in [1.807, 2.05) is 53.9 Å². The van der Waals surface area contributed by atoms with Crippen molar-refractivity contribution in [2.75, 3.05) is 57.2 Å². The normalized spacial score (nSPS) is 15.4. The molecule has 9 nitrogen and oxygen atoms in total. The first-order chi connectivity index (χ1) is 18.1. The SMILES string of the molecule is COc1cc(N2CCCN(C[C@@H](C)O)CC2)ccc1Nc1ncc2ccc(-c3ccccc3OC)n2n1. The Bertz CT molecular complexity index is 1360. The molecule has 0 saturated carbocycles. The molecule has 1 fully saturated rings. The van der Waals surface area contributed by atoms with E-state index in [4.69, 9.17) is 14.6 Å². The zero-order valence-electron chi connectivity index (χ0n) is 21.6. The van der Waals surface area contributed by atoms with Gasteiger partial charge in [-0.25, -0.2) is 9.50 Å². The van der Waals surface area contributed by atoms with Crippen LogP contribution in [-0.2, 0) is 0 Å². The van der Waals surface area contributed by atoms with E-state index in [2.05, 4.69) is 32.2 Å². The van der Waals surface area contributed by atoms with E-state index in [9.17, 15) is 5.11 Å². The van der Waals surface area contributed by atoms with Gasteiger partial charge in [0, 0.05) is 43.5 Å². The molecule has 2 N–H and O–H groups in total. The summed E-state index contributed by atoms with van der Waals surface area (Å²) in [7, 11) is 3.34. The van der Waals surface area contributed by atoms with Gasteiger partial charge >= 0.3 is 0 Å². The molecule has 0 spiro atoms. The number of fused-ring (bicyclic) bond motifs is 1. The van der Waals surface area contributed by atoms with Gasteiger partial charge in [-0.05, 0) is 56.3 Å². The minimum Gasteiger partial charge on any atom is -0.496 e. The van der Waals surface area contributed by atoms with Crippen LogP contribution in [-0.4, -0.2) is 77.7 Å². The smallest absolute Gasteiger partial charge is 0.245 e. The lowest BCUT2D eigenvalue weighted by Crippen LogP contribution is -2.35. The van der Waals surface area contributed by atoms with Gasteiger partial charge in [-0.2, -0.15) is 0 Å². The predicted molar refractivity (Wildman–Crippen MR) is 146 cm³/mol. The number of methoxy groups -OCH3 is 2. The summed E-state index contributed by atoms with van der Waals surface area (Å²) in [5, 5.41) is 17.8. The van der Waals surface area contributed by atoms with Crippen molar-refractivity contribution in [1.29, 1.82) is 0 Å². The third kappa shape index (κ3) is 5.47. The second-order valence-electron chi connectivity index (χ2n) is 9.34. The van der Waals surface area contributed by atoms with Crippen molar-refractivity contribution in [2.45, 2.75) is 19.4 Å². The van der Waals surface area contributed by atoms with Crippen molar-refractivity contribution in [3.05, 3.63) is 60.8 Å². The number of ether oxygens (including phenoxy) is 2. The average molecular weight is 503 g/mol. The molecule has 9 heteroatoms. The molecule has 5 rings (SSSR count). The first-order valence-corrected chi connectivity index (χ1v) is 12.6. The maximum atomic E-state index is 9.75. The topological polar surface area (TPSA) is 87.4 Å². The number of hydrogen-bond donors (Lipinski definition) is 2. The molecule has 194 valence electrons. The Labute approximate surface area is 217 Å². The lowest BCUT2D eigenvalue weighted by Gasteiger charge is -2.25. The molecule has 0 bridgehead atoms. The second-order valence-corrected chi connectivity index (χ2v) is 9.34. The molecule has 3 heterocycles. The van der Waals surface area contributed by atoms with Crippen LogP contribution in [0.5, 0.6) is 11.5 Å². The van der Waals surface area contributed by atoms with Gasteiger partial charge in [0.15, 0.2) is 0 Å². The van der Waals surface area contributed by atoms with Crippen molar-refractivity contribution < 1.29 is 14.6 Å². The van der Waals surface area contributed by atoms with Gasteiger partial charge in [-0.1, -0.05) is 12.1 Å². The Balaban J connectivity index is 1.37. The molecular formula is C28H34N6O3. The molecule has 4 aromatic rings. The molecule has 1 aliphatic rings. The minimum absolute atomic E-state index is 0.309. The number of aliphatic hydroxyl groups is 1. The van der Waals surface area contributed by atoms with Crippen LogP contribution in [0.4, 0.5) is 17.3 Å². The average Bonchev–Trinajstić information content (AvgIpc) is 3.19. The standard InChI is InChI=1S/C28H34N6O3/c1-20(35)19-32-13-6-14-33(16-15-32)21-9-11-24(27(17-21)37-3)30-28-29-18-22-10-12-25(34(22)31-28)23-7-4-5-8-26(23)36-2/h4-5,7-12,17-18,20,35H,6,13-16,19H2,1-3H3,(H,30,31)/t20-/m1/s1. The number of nitrogens with one attached hydrogen (secondary N) is 1. The minimum atomic E-state index is -0.309. The van der Waals surface area contributed by atoms with Crippen LogP contribution in [0.1, 0.15) is 13.3 Å². The Hall–Kier alpha value is -3.82. The molecule has 0 radical (unpaired) electrons. The molecule has 1 saturated heterocycles. The van der Waals surface area contributed by atoms with Gasteiger partial charge in [-0.15, -0.1) is 5.10 Å². The van der Waals surface area contributed by atoms with Gasteiger partial charge in [0.25, 0.3) is 0 Å². The largest absolute Gasteiger partial charge is 0.496 e. The van der Waals surface area contributed by atoms with Crippen LogP contribution in [0.25, 0.3) is 16.8 Å². The summed E-state index contributed by atoms with van der Waals surface area (Å²) in [6.45, 7) is 6.34. The Kier molecular flexibility index (Phi) is 7.43. The number of aliphatic hydroxyl groups excluding tert-OH is 1. The van der Waals surface area contributed by atoms with Gasteiger partial charge in [0.1, 0.15) is 11.5 Å². The lowest BCUT2D eigenvalue weighted by molar-refractivity contribution is 0.131. The Morgan fingerprint density at radius 2 is 1.81 bits per heavy atom. The van der Waals surface area contributed by atoms with E-state index in [-0.39, 0.29) is 6.10 Å². The summed E-state index contributed by atoms with van der Waals surface area (Å²) < 4.78 is 13.2. The number of anilines is 3. The maximum Gasteiger partial charge on any atom is 0.245 e. The number of β-amino-alcohol motifs (C(OH)–C–C–N with tert-alkyl or cyclic N) is 1. The number of aromatic nitrogens is 3. The van der Waals surface area contributed by atoms with Crippen molar-refractivity contribution in [2.24, 2.45) is 0 Å². The van der Waals surface area contributed by atoms with Gasteiger partial charge in [0.05, 0.1) is 43.4 Å². The van der Waals surface area contributed by atoms with Crippen molar-refractivity contribution in [3.63, 3.8) is 0 Å². The van der Waals surface area contributed by atoms with E-state index >= 15 is 0 Å². The molecule has 2 aromatic heterocycles. The fraction of sp³-hybridized carbons (Fsp3) is 0.357. The summed E-state index contributed by atoms with van der Waals surface area (Å²) in [4.78, 5) is 9.21. The first kappa shape index (κ1) is 24.9. The molecule has 1 aliphatic heterocycles. The quantitative estimate of drug-likeness (QED) is 0.373. The highest BCUT2D eigenvalue weighted by atomic mass is 16.5. The number of para-hydroxylation sites is 1. The summed E-state index contributed by atoms with van der Waals surface area (Å²) in [5.74, 6) is 1.98. The lowest BCUT2D eigenvalue weighted by atomic mass is 10.1. The van der Waals surface area contributed by atoms with Crippen LogP contribution in [0, 0.1) is 0 Å². The van der Waals surface area contributed by atoms with Crippen molar-refractivity contribution in [1.82, 2.24) is 19.5 Å². The van der Waals surface area contributed by atoms with Crippen LogP contribution in [0.2, 0.25) is 0 Å². The Morgan fingerprint density at radius 3 is 2.62 bits per heavy atom. The number of nitrogens with zero attached hydrogens (tertiary/aromatic N) is 5. The third-order valence-corrected chi connectivity index (χ3v) is 6.69. The maximum absolute atomic E-state index is 9.75. The van der Waals surface area contributed by atoms with Crippen LogP contribution >= 0.6 is 0 Å². The highest BCUT2D eigenvalue weighted by molar-refractivity contribution is 5.72. The van der Waals surface area contributed by atoms with Crippen molar-refractivity contribution in [3.8, 4) is 22.8 Å². The monoisotopic (exact) mass is 502 g/mol. The number of benzene rings is 2. The molecule has 0 unspecified atom stereocenters. The molecule has 2 aromatic carbocycles. The van der Waals surface area contributed by atoms with Crippen LogP contribution in [0.15, 0.2) is 60.8 Å². The highest BCUT2D eigenvalue weighted by Gasteiger charge is 2.18. The predicted octanol–water partition coefficient (Wildman–Crippen LogP) is 4.05. The fourth-order valence-electron chi connectivity index (χ4n) is 4.90. The second kappa shape index (κ2) is 11.1. The molecule has 37 heavy (non-hydrogen) atoms. The summed E-state index contributed by atoms with van der Waals surface area (Å²) in [6.07, 6.45) is 2.54. The van der Waals surface area contributed by atoms with Gasteiger partial charge < -0.3 is 24.8 Å².